The van der Waals surface area contributed by atoms with Crippen LogP contribution >= 0.6 is 38.6 Å². The Morgan fingerprint density at radius 2 is 2.25 bits per heavy atom. The molecule has 5 heteroatoms. The molecule has 0 aliphatic heterocycles. The highest BCUT2D eigenvalue weighted by atomic mass is 79.9. The van der Waals surface area contributed by atoms with Crippen LogP contribution in [0.25, 0.3) is 9.88 Å². The molecule has 0 atom stereocenters. The summed E-state index contributed by atoms with van der Waals surface area (Å²) in [6.07, 6.45) is 1.91. The number of rotatable bonds is 2. The number of nitriles is 1. The van der Waals surface area contributed by atoms with Crippen LogP contribution in [0.4, 0.5) is 0 Å². The minimum Gasteiger partial charge on any atom is -0.238 e. The van der Waals surface area contributed by atoms with Gasteiger partial charge in [0.1, 0.15) is 10.4 Å². The van der Waals surface area contributed by atoms with Gasteiger partial charge >= 0.3 is 0 Å². The van der Waals surface area contributed by atoms with Crippen molar-refractivity contribution in [2.75, 3.05) is 0 Å². The molecule has 16 heavy (non-hydrogen) atoms. The Bertz CT molecular complexity index is 575. The van der Waals surface area contributed by atoms with Gasteiger partial charge in [0.05, 0.1) is 16.6 Å². The number of thiophene rings is 1. The molecule has 0 radical (unpaired) electrons. The van der Waals surface area contributed by atoms with E-state index in [-0.39, 0.29) is 5.41 Å². The Morgan fingerprint density at radius 1 is 1.44 bits per heavy atom. The van der Waals surface area contributed by atoms with Crippen LogP contribution in [0.1, 0.15) is 18.5 Å². The van der Waals surface area contributed by atoms with Gasteiger partial charge in [-0.25, -0.2) is 4.98 Å². The lowest BCUT2D eigenvalue weighted by atomic mass is 10.1. The Labute approximate surface area is 110 Å². The zero-order valence-corrected chi connectivity index (χ0v) is 11.5. The van der Waals surface area contributed by atoms with Crippen molar-refractivity contribution in [2.45, 2.75) is 18.3 Å². The highest BCUT2D eigenvalue weighted by Gasteiger charge is 2.47. The van der Waals surface area contributed by atoms with Crippen LogP contribution in [0.5, 0.6) is 0 Å². The van der Waals surface area contributed by atoms with Gasteiger partial charge in [-0.05, 0) is 40.2 Å². The number of hydrogen-bond donors (Lipinski definition) is 0. The fraction of sp³-hybridized carbons (Fsp3) is 0.273. The van der Waals surface area contributed by atoms with Crippen LogP contribution in [-0.2, 0) is 5.41 Å². The predicted molar refractivity (Wildman–Crippen MR) is 69.7 cm³/mol. The minimum atomic E-state index is -0.265. The number of thiazole rings is 1. The molecule has 80 valence electrons. The Balaban J connectivity index is 2.01. The van der Waals surface area contributed by atoms with Crippen LogP contribution < -0.4 is 0 Å². The van der Waals surface area contributed by atoms with E-state index in [1.165, 1.54) is 0 Å². The van der Waals surface area contributed by atoms with Gasteiger partial charge in [-0.1, -0.05) is 0 Å². The minimum absolute atomic E-state index is 0.265. The summed E-state index contributed by atoms with van der Waals surface area (Å²) in [6, 6.07) is 4.40. The Morgan fingerprint density at radius 3 is 2.81 bits per heavy atom. The van der Waals surface area contributed by atoms with Crippen LogP contribution in [0.15, 0.2) is 21.3 Å². The second-order valence-electron chi connectivity index (χ2n) is 3.83. The molecule has 2 aromatic heterocycles. The maximum absolute atomic E-state index is 9.11. The molecule has 2 heterocycles. The van der Waals surface area contributed by atoms with E-state index in [1.807, 2.05) is 16.8 Å². The molecular weight excluding hydrogens is 304 g/mol. The number of hydrogen-bond acceptors (Lipinski definition) is 4. The molecule has 1 aliphatic carbocycles. The molecule has 0 spiro atoms. The van der Waals surface area contributed by atoms with Gasteiger partial charge in [0.15, 0.2) is 0 Å². The lowest BCUT2D eigenvalue weighted by Crippen LogP contribution is -2.02. The quantitative estimate of drug-likeness (QED) is 0.834. The van der Waals surface area contributed by atoms with E-state index in [4.69, 9.17) is 5.26 Å². The van der Waals surface area contributed by atoms with Gasteiger partial charge < -0.3 is 0 Å². The number of aromatic nitrogens is 1. The van der Waals surface area contributed by atoms with Crippen molar-refractivity contribution in [2.24, 2.45) is 0 Å². The van der Waals surface area contributed by atoms with E-state index in [2.05, 4.69) is 27.0 Å². The van der Waals surface area contributed by atoms with E-state index in [0.717, 1.165) is 32.9 Å². The van der Waals surface area contributed by atoms with Crippen LogP contribution in [-0.4, -0.2) is 4.98 Å². The van der Waals surface area contributed by atoms with Crippen molar-refractivity contribution in [3.8, 4) is 16.0 Å². The molecule has 0 amide bonds. The summed E-state index contributed by atoms with van der Waals surface area (Å²) in [7, 11) is 0. The SMILES string of the molecule is N#CC1(c2csc(-c3sccc3Br)n2)CC1. The molecule has 0 saturated heterocycles. The summed E-state index contributed by atoms with van der Waals surface area (Å²) in [4.78, 5) is 5.75. The smallest absolute Gasteiger partial charge is 0.134 e. The molecule has 2 nitrogen and oxygen atoms in total. The zero-order valence-electron chi connectivity index (χ0n) is 8.24. The standard InChI is InChI=1S/C11H7BrN2S2/c12-7-1-4-15-9(7)10-14-8(5-16-10)11(6-13)2-3-11/h1,4-5H,2-3H2. The van der Waals surface area contributed by atoms with Crippen molar-refractivity contribution in [1.29, 1.82) is 5.26 Å². The van der Waals surface area contributed by atoms with E-state index in [9.17, 15) is 0 Å². The first kappa shape index (κ1) is 10.5. The first-order chi connectivity index (χ1) is 7.75. The Hall–Kier alpha value is -0.700. The van der Waals surface area contributed by atoms with Gasteiger partial charge in [0.25, 0.3) is 0 Å². The molecule has 3 rings (SSSR count). The summed E-state index contributed by atoms with van der Waals surface area (Å²) in [5, 5.41) is 14.2. The fourth-order valence-electron chi connectivity index (χ4n) is 1.59. The third-order valence-electron chi connectivity index (χ3n) is 2.77. The highest BCUT2D eigenvalue weighted by molar-refractivity contribution is 9.10. The van der Waals surface area contributed by atoms with Crippen molar-refractivity contribution in [3.05, 3.63) is 27.0 Å². The van der Waals surface area contributed by atoms with Crippen molar-refractivity contribution in [3.63, 3.8) is 0 Å². The number of nitrogens with zero attached hydrogens (tertiary/aromatic N) is 2. The van der Waals surface area contributed by atoms with Gasteiger partial charge in [-0.3, -0.25) is 0 Å². The summed E-state index contributed by atoms with van der Waals surface area (Å²) in [5.74, 6) is 0. The van der Waals surface area contributed by atoms with Crippen molar-refractivity contribution >= 4 is 38.6 Å². The average molecular weight is 311 g/mol. The monoisotopic (exact) mass is 310 g/mol. The normalized spacial score (nSPS) is 17.0. The number of halogens is 1. The second kappa shape index (κ2) is 3.66. The van der Waals surface area contributed by atoms with E-state index >= 15 is 0 Å². The topological polar surface area (TPSA) is 36.7 Å². The molecule has 2 aromatic rings. The second-order valence-corrected chi connectivity index (χ2v) is 6.46. The first-order valence-corrected chi connectivity index (χ1v) is 7.41. The van der Waals surface area contributed by atoms with Crippen molar-refractivity contribution in [1.82, 2.24) is 4.98 Å². The largest absolute Gasteiger partial charge is 0.238 e. The molecule has 0 N–H and O–H groups in total. The Kier molecular flexibility index (Phi) is 2.39. The lowest BCUT2D eigenvalue weighted by Gasteiger charge is -1.98. The van der Waals surface area contributed by atoms with E-state index < -0.39 is 0 Å². The molecule has 0 bridgehead atoms. The summed E-state index contributed by atoms with van der Waals surface area (Å²) in [6.45, 7) is 0. The summed E-state index contributed by atoms with van der Waals surface area (Å²) in [5.41, 5.74) is 0.689. The zero-order chi connectivity index (χ0) is 11.2. The molecular formula is C11H7BrN2S2. The van der Waals surface area contributed by atoms with Crippen molar-refractivity contribution < 1.29 is 0 Å². The van der Waals surface area contributed by atoms with Gasteiger partial charge in [-0.2, -0.15) is 5.26 Å². The molecule has 0 unspecified atom stereocenters. The predicted octanol–water partition coefficient (Wildman–Crippen LogP) is 4.19. The van der Waals surface area contributed by atoms with Crippen LogP contribution in [0.2, 0.25) is 0 Å². The maximum Gasteiger partial charge on any atom is 0.134 e. The third kappa shape index (κ3) is 1.53. The van der Waals surface area contributed by atoms with Gasteiger partial charge in [0.2, 0.25) is 0 Å². The maximum atomic E-state index is 9.11. The van der Waals surface area contributed by atoms with E-state index in [1.54, 1.807) is 22.7 Å². The van der Waals surface area contributed by atoms with Gasteiger partial charge in [-0.15, -0.1) is 22.7 Å². The highest BCUT2D eigenvalue weighted by Crippen LogP contribution is 2.48. The van der Waals surface area contributed by atoms with Crippen LogP contribution in [0.3, 0.4) is 0 Å². The first-order valence-electron chi connectivity index (χ1n) is 4.86. The third-order valence-corrected chi connectivity index (χ3v) is 5.60. The summed E-state index contributed by atoms with van der Waals surface area (Å²) < 4.78 is 1.08. The summed E-state index contributed by atoms with van der Waals surface area (Å²) >= 11 is 6.80. The fourth-order valence-corrected chi connectivity index (χ4v) is 4.33. The average Bonchev–Trinajstić information content (AvgIpc) is 2.72. The molecule has 1 aliphatic rings. The molecule has 1 saturated carbocycles. The van der Waals surface area contributed by atoms with E-state index in [0.29, 0.717) is 0 Å². The molecule has 0 aromatic carbocycles. The lowest BCUT2D eigenvalue weighted by molar-refractivity contribution is 0.869. The molecule has 1 fully saturated rings. The van der Waals surface area contributed by atoms with Crippen LogP contribution in [0, 0.1) is 11.3 Å². The van der Waals surface area contributed by atoms with Gasteiger partial charge in [0, 0.05) is 9.85 Å².